The minimum atomic E-state index is -4.60. The van der Waals surface area contributed by atoms with Crippen molar-refractivity contribution in [3.05, 3.63) is 118 Å². The third-order valence-electron chi connectivity index (χ3n) is 8.42. The molecular formula is C40H37F5N2O8. The van der Waals surface area contributed by atoms with Crippen LogP contribution < -0.4 is 10.1 Å². The van der Waals surface area contributed by atoms with Crippen molar-refractivity contribution in [1.29, 1.82) is 0 Å². The molecule has 1 N–H and O–H groups in total. The van der Waals surface area contributed by atoms with Gasteiger partial charge in [-0.3, -0.25) is 24.0 Å². The maximum atomic E-state index is 16.2. The highest BCUT2D eigenvalue weighted by molar-refractivity contribution is 6.12. The van der Waals surface area contributed by atoms with Crippen LogP contribution in [0.3, 0.4) is 0 Å². The van der Waals surface area contributed by atoms with Gasteiger partial charge in [-0.25, -0.2) is 8.78 Å². The number of benzene rings is 4. The number of hydrogen-bond donors (Lipinski definition) is 1. The number of hydrogen-bond acceptors (Lipinski definition) is 8. The second-order valence-electron chi connectivity index (χ2n) is 12.4. The number of nitrogens with one attached hydrogen (secondary N) is 1. The number of nitrogens with zero attached hydrogens (tertiary/aromatic N) is 1. The molecule has 0 unspecified atom stereocenters. The Bertz CT molecular complexity index is 2070. The van der Waals surface area contributed by atoms with Crippen LogP contribution in [0.2, 0.25) is 0 Å². The molecule has 0 fully saturated rings. The number of halogens is 5. The summed E-state index contributed by atoms with van der Waals surface area (Å²) in [5.41, 5.74) is -3.51. The van der Waals surface area contributed by atoms with Crippen LogP contribution in [0, 0.1) is 18.6 Å². The largest absolute Gasteiger partial charge is 0.465 e. The van der Waals surface area contributed by atoms with E-state index in [2.05, 4.69) is 5.32 Å². The van der Waals surface area contributed by atoms with E-state index in [0.29, 0.717) is 11.6 Å². The van der Waals surface area contributed by atoms with Crippen molar-refractivity contribution in [2.24, 2.45) is 0 Å². The normalized spacial score (nSPS) is 11.4. The van der Waals surface area contributed by atoms with E-state index in [4.69, 9.17) is 14.2 Å². The van der Waals surface area contributed by atoms with Crippen molar-refractivity contribution in [3.8, 4) is 16.9 Å². The lowest BCUT2D eigenvalue weighted by Gasteiger charge is -2.29. The summed E-state index contributed by atoms with van der Waals surface area (Å²) in [6.07, 6.45) is -5.96. The Kier molecular flexibility index (Phi) is 13.1. The minimum Gasteiger partial charge on any atom is -0.465 e. The summed E-state index contributed by atoms with van der Waals surface area (Å²) in [5, 5.41) is 2.31. The van der Waals surface area contributed by atoms with E-state index in [1.165, 1.54) is 70.4 Å². The summed E-state index contributed by atoms with van der Waals surface area (Å²) in [7, 11) is 2.50. The van der Waals surface area contributed by atoms with Gasteiger partial charge in [-0.2, -0.15) is 13.2 Å². The quantitative estimate of drug-likeness (QED) is 0.0636. The number of alkyl halides is 3. The van der Waals surface area contributed by atoms with Crippen LogP contribution >= 0.6 is 0 Å². The first-order chi connectivity index (χ1) is 26.0. The van der Waals surface area contributed by atoms with Gasteiger partial charge in [0.2, 0.25) is 5.75 Å². The molecule has 0 spiro atoms. The second-order valence-corrected chi connectivity index (χ2v) is 12.4. The van der Waals surface area contributed by atoms with E-state index in [9.17, 15) is 37.1 Å². The predicted molar refractivity (Wildman–Crippen MR) is 190 cm³/mol. The van der Waals surface area contributed by atoms with Gasteiger partial charge in [0, 0.05) is 32.1 Å². The standard InChI is InChI=1S/C40H37F5N2O8/c1-6-53-37(51)39(38(52)54-7-2,25-11-9-8-10-12-25)20-19-31(48)55-34-29(41)22-30(32(33(34)42)36(50)47(4)5)46-35(49)27-18-13-23(3)21-28(27)24-14-16-26(17-15-24)40(43,44)45/h8-18,21-22H,6-7,19-20H2,1-5H3,(H,46,49). The predicted octanol–water partition coefficient (Wildman–Crippen LogP) is 7.66. The molecule has 15 heteroatoms. The van der Waals surface area contributed by atoms with Gasteiger partial charge in [0.25, 0.3) is 11.8 Å². The lowest BCUT2D eigenvalue weighted by Crippen LogP contribution is -2.46. The Labute approximate surface area is 313 Å². The summed E-state index contributed by atoms with van der Waals surface area (Å²) < 4.78 is 86.9. The molecule has 4 aromatic rings. The number of amides is 2. The van der Waals surface area contributed by atoms with Crippen LogP contribution in [0.4, 0.5) is 27.6 Å². The number of carbonyl (C=O) groups is 5. The summed E-state index contributed by atoms with van der Waals surface area (Å²) in [6, 6.07) is 16.6. The summed E-state index contributed by atoms with van der Waals surface area (Å²) >= 11 is 0. The van der Waals surface area contributed by atoms with Gasteiger partial charge in [0.15, 0.2) is 17.0 Å². The van der Waals surface area contributed by atoms with Gasteiger partial charge in [-0.15, -0.1) is 0 Å². The fraction of sp³-hybridized carbons (Fsp3) is 0.275. The summed E-state index contributed by atoms with van der Waals surface area (Å²) in [4.78, 5) is 67.7. The van der Waals surface area contributed by atoms with Gasteiger partial charge in [0.05, 0.1) is 24.5 Å². The Hall–Kier alpha value is -6.12. The third-order valence-corrected chi connectivity index (χ3v) is 8.42. The average molecular weight is 769 g/mol. The van der Waals surface area contributed by atoms with Crippen molar-refractivity contribution in [2.45, 2.75) is 45.2 Å². The zero-order valence-corrected chi connectivity index (χ0v) is 30.4. The fourth-order valence-corrected chi connectivity index (χ4v) is 5.70. The van der Waals surface area contributed by atoms with Crippen molar-refractivity contribution < 1.29 is 60.1 Å². The second kappa shape index (κ2) is 17.3. The Morgan fingerprint density at radius 3 is 1.93 bits per heavy atom. The molecule has 0 aliphatic carbocycles. The van der Waals surface area contributed by atoms with Crippen LogP contribution in [-0.2, 0) is 35.4 Å². The van der Waals surface area contributed by atoms with E-state index >= 15 is 8.78 Å². The van der Waals surface area contributed by atoms with Crippen molar-refractivity contribution >= 4 is 35.4 Å². The minimum absolute atomic E-state index is 0.102. The highest BCUT2D eigenvalue weighted by Gasteiger charge is 2.50. The topological polar surface area (TPSA) is 128 Å². The van der Waals surface area contributed by atoms with Crippen LogP contribution in [-0.4, -0.2) is 61.9 Å². The summed E-state index contributed by atoms with van der Waals surface area (Å²) in [5.74, 6) is -9.85. The lowest BCUT2D eigenvalue weighted by molar-refractivity contribution is -0.165. The molecule has 0 saturated carbocycles. The highest BCUT2D eigenvalue weighted by atomic mass is 19.4. The maximum absolute atomic E-state index is 16.2. The monoisotopic (exact) mass is 768 g/mol. The highest BCUT2D eigenvalue weighted by Crippen LogP contribution is 2.37. The van der Waals surface area contributed by atoms with E-state index in [1.807, 2.05) is 0 Å². The molecule has 0 bridgehead atoms. The number of esters is 3. The lowest BCUT2D eigenvalue weighted by atomic mass is 9.76. The molecule has 0 atom stereocenters. The first kappa shape index (κ1) is 41.6. The van der Waals surface area contributed by atoms with Crippen LogP contribution in [0.1, 0.15) is 64.1 Å². The van der Waals surface area contributed by atoms with Gasteiger partial charge in [-0.1, -0.05) is 60.2 Å². The zero-order valence-electron chi connectivity index (χ0n) is 30.4. The van der Waals surface area contributed by atoms with E-state index in [1.54, 1.807) is 25.1 Å². The van der Waals surface area contributed by atoms with Crippen molar-refractivity contribution in [2.75, 3.05) is 32.6 Å². The molecule has 0 aliphatic rings. The van der Waals surface area contributed by atoms with Crippen LogP contribution in [0.5, 0.6) is 5.75 Å². The molecule has 10 nitrogen and oxygen atoms in total. The van der Waals surface area contributed by atoms with Gasteiger partial charge >= 0.3 is 24.1 Å². The zero-order chi connectivity index (χ0) is 40.7. The number of carbonyl (C=O) groups excluding carboxylic acids is 5. The molecule has 4 aromatic carbocycles. The third kappa shape index (κ3) is 9.16. The van der Waals surface area contributed by atoms with Crippen LogP contribution in [0.25, 0.3) is 11.1 Å². The first-order valence-electron chi connectivity index (χ1n) is 16.9. The van der Waals surface area contributed by atoms with E-state index in [0.717, 1.165) is 17.0 Å². The molecule has 4 rings (SSSR count). The van der Waals surface area contributed by atoms with E-state index < -0.39 is 88.4 Å². The Balaban J connectivity index is 1.70. The molecular weight excluding hydrogens is 731 g/mol. The fourth-order valence-electron chi connectivity index (χ4n) is 5.70. The molecule has 0 aliphatic heterocycles. The molecule has 2 amide bonds. The van der Waals surface area contributed by atoms with Gasteiger partial charge < -0.3 is 24.4 Å². The van der Waals surface area contributed by atoms with Crippen molar-refractivity contribution in [1.82, 2.24) is 4.90 Å². The molecule has 290 valence electrons. The molecule has 0 radical (unpaired) electrons. The molecule has 0 saturated heterocycles. The molecule has 55 heavy (non-hydrogen) atoms. The van der Waals surface area contributed by atoms with Gasteiger partial charge in [-0.05, 0) is 62.1 Å². The maximum Gasteiger partial charge on any atom is 0.416 e. The number of anilines is 1. The molecule has 0 aromatic heterocycles. The SMILES string of the molecule is CCOC(=O)C(CCC(=O)Oc1c(F)cc(NC(=O)c2ccc(C)cc2-c2ccc(C(F)(F)F)cc2)c(C(=O)N(C)C)c1F)(C(=O)OCC)c1ccccc1. The first-order valence-corrected chi connectivity index (χ1v) is 16.9. The smallest absolute Gasteiger partial charge is 0.416 e. The Morgan fingerprint density at radius 2 is 1.38 bits per heavy atom. The van der Waals surface area contributed by atoms with Crippen LogP contribution in [0.15, 0.2) is 78.9 Å². The van der Waals surface area contributed by atoms with Crippen molar-refractivity contribution in [3.63, 3.8) is 0 Å². The molecule has 0 heterocycles. The number of ether oxygens (including phenoxy) is 3. The van der Waals surface area contributed by atoms with E-state index in [-0.39, 0.29) is 35.5 Å². The number of aryl methyl sites for hydroxylation is 1. The number of rotatable bonds is 13. The van der Waals surface area contributed by atoms with Gasteiger partial charge in [0.1, 0.15) is 5.56 Å². The average Bonchev–Trinajstić information content (AvgIpc) is 3.13. The Morgan fingerprint density at radius 1 is 0.782 bits per heavy atom. The summed E-state index contributed by atoms with van der Waals surface area (Å²) in [6.45, 7) is 4.45.